The van der Waals surface area contributed by atoms with Crippen LogP contribution in [0.5, 0.6) is 0 Å². The van der Waals surface area contributed by atoms with Crippen molar-refractivity contribution in [2.75, 3.05) is 99.3 Å². The van der Waals surface area contributed by atoms with Crippen LogP contribution in [0.1, 0.15) is 19.4 Å². The molecule has 47 heavy (non-hydrogen) atoms. The van der Waals surface area contributed by atoms with Crippen molar-refractivity contribution >= 4 is 34.1 Å². The lowest BCUT2D eigenvalue weighted by Crippen LogP contribution is -2.36. The third-order valence-corrected chi connectivity index (χ3v) is 6.76. The van der Waals surface area contributed by atoms with E-state index in [1.54, 1.807) is 48.8 Å². The first kappa shape index (κ1) is 40.0. The minimum atomic E-state index is 0.643. The Morgan fingerprint density at radius 2 is 1.17 bits per heavy atom. The Balaban J connectivity index is 0.000000299. The number of nitrogen functional groups attached to an aromatic ring is 4. The van der Waals surface area contributed by atoms with E-state index in [0.717, 1.165) is 69.5 Å². The molecular formula is C36H54N10O. The second kappa shape index (κ2) is 24.2. The zero-order valence-electron chi connectivity index (χ0n) is 28.4. The number of nitriles is 1. The van der Waals surface area contributed by atoms with Gasteiger partial charge < -0.3 is 48.1 Å². The second-order valence-corrected chi connectivity index (χ2v) is 10.5. The maximum absolute atomic E-state index is 8.34. The van der Waals surface area contributed by atoms with E-state index in [4.69, 9.17) is 38.7 Å². The molecule has 0 atom stereocenters. The first-order valence-electron chi connectivity index (χ1n) is 15.7. The fourth-order valence-electron chi connectivity index (χ4n) is 3.92. The highest BCUT2D eigenvalue weighted by Crippen LogP contribution is 2.17. The van der Waals surface area contributed by atoms with Crippen LogP contribution in [0, 0.1) is 11.3 Å². The summed E-state index contributed by atoms with van der Waals surface area (Å²) in [5.41, 5.74) is 33.3. The van der Waals surface area contributed by atoms with E-state index in [9.17, 15) is 0 Å². The molecule has 11 heteroatoms. The number of morpholine rings is 1. The molecule has 0 aliphatic carbocycles. The average molecular weight is 643 g/mol. The van der Waals surface area contributed by atoms with E-state index in [2.05, 4.69) is 40.8 Å². The van der Waals surface area contributed by atoms with Gasteiger partial charge in [-0.15, -0.1) is 0 Å². The quantitative estimate of drug-likeness (QED) is 0.186. The Morgan fingerprint density at radius 1 is 0.723 bits per heavy atom. The Bertz CT molecular complexity index is 1350. The molecule has 1 aromatic heterocycles. The fourth-order valence-corrected chi connectivity index (χ4v) is 3.92. The van der Waals surface area contributed by atoms with Gasteiger partial charge in [-0.2, -0.15) is 5.26 Å². The van der Waals surface area contributed by atoms with Crippen molar-refractivity contribution in [3.63, 3.8) is 0 Å². The number of pyridine rings is 1. The van der Waals surface area contributed by atoms with Crippen molar-refractivity contribution in [2.45, 2.75) is 13.8 Å². The maximum atomic E-state index is 8.34. The third kappa shape index (κ3) is 18.5. The number of nitrogens with zero attached hydrogens (tertiary/aromatic N) is 5. The highest BCUT2D eigenvalue weighted by Gasteiger charge is 2.10. The highest BCUT2D eigenvalue weighted by molar-refractivity contribution is 5.53. The van der Waals surface area contributed by atoms with Crippen LogP contribution in [0.25, 0.3) is 0 Å². The summed E-state index contributed by atoms with van der Waals surface area (Å²) in [4.78, 5) is 10.4. The van der Waals surface area contributed by atoms with Gasteiger partial charge in [-0.1, -0.05) is 13.8 Å². The summed E-state index contributed by atoms with van der Waals surface area (Å²) >= 11 is 0. The SMILES string of the molecule is CCN(CC)CCN.CN(C)c1ccc(N)cc1.N#Cc1ccc(N)cc1.Nc1ccc(N2CCOCC2)cc1.Nc1ccncc1. The number of nitrogens with two attached hydrogens (primary N) is 5. The molecule has 0 unspecified atom stereocenters. The summed E-state index contributed by atoms with van der Waals surface area (Å²) in [6, 6.07) is 28.1. The van der Waals surface area contributed by atoms with E-state index >= 15 is 0 Å². The van der Waals surface area contributed by atoms with Gasteiger partial charge in [0.2, 0.25) is 0 Å². The molecule has 0 amide bonds. The lowest BCUT2D eigenvalue weighted by Gasteiger charge is -2.28. The van der Waals surface area contributed by atoms with Crippen molar-refractivity contribution in [3.8, 4) is 6.07 Å². The highest BCUT2D eigenvalue weighted by atomic mass is 16.5. The van der Waals surface area contributed by atoms with Gasteiger partial charge in [-0.05, 0) is 98.0 Å². The molecule has 0 spiro atoms. The van der Waals surface area contributed by atoms with Gasteiger partial charge in [0, 0.05) is 86.8 Å². The number of benzene rings is 3. The first-order chi connectivity index (χ1) is 22.6. The van der Waals surface area contributed by atoms with Gasteiger partial charge in [-0.3, -0.25) is 4.98 Å². The van der Waals surface area contributed by atoms with E-state index in [1.807, 2.05) is 61.5 Å². The van der Waals surface area contributed by atoms with Crippen molar-refractivity contribution in [1.29, 1.82) is 5.26 Å². The monoisotopic (exact) mass is 642 g/mol. The summed E-state index contributed by atoms with van der Waals surface area (Å²) in [7, 11) is 4.01. The summed E-state index contributed by atoms with van der Waals surface area (Å²) in [6.45, 7) is 12.0. The molecule has 0 saturated carbocycles. The molecule has 10 N–H and O–H groups in total. The fraction of sp³-hybridized carbons (Fsp3) is 0.333. The number of hydrogen-bond acceptors (Lipinski definition) is 11. The van der Waals surface area contributed by atoms with Crippen LogP contribution in [0.4, 0.5) is 34.1 Å². The first-order valence-corrected chi connectivity index (χ1v) is 15.7. The van der Waals surface area contributed by atoms with Gasteiger partial charge in [0.15, 0.2) is 0 Å². The molecular weight excluding hydrogens is 588 g/mol. The van der Waals surface area contributed by atoms with Crippen LogP contribution < -0.4 is 38.5 Å². The minimum absolute atomic E-state index is 0.643. The average Bonchev–Trinajstić information content (AvgIpc) is 3.10. The molecule has 4 aromatic rings. The molecule has 0 radical (unpaired) electrons. The van der Waals surface area contributed by atoms with E-state index in [1.165, 1.54) is 11.4 Å². The lowest BCUT2D eigenvalue weighted by atomic mass is 10.2. The van der Waals surface area contributed by atoms with Crippen LogP contribution in [0.3, 0.4) is 0 Å². The van der Waals surface area contributed by atoms with Crippen LogP contribution >= 0.6 is 0 Å². The number of anilines is 6. The molecule has 11 nitrogen and oxygen atoms in total. The summed E-state index contributed by atoms with van der Waals surface area (Å²) < 4.78 is 5.28. The van der Waals surface area contributed by atoms with Crippen LogP contribution in [-0.4, -0.2) is 76.5 Å². The Labute approximate surface area is 281 Å². The second-order valence-electron chi connectivity index (χ2n) is 10.5. The van der Waals surface area contributed by atoms with Crippen LogP contribution in [0.2, 0.25) is 0 Å². The summed E-state index contributed by atoms with van der Waals surface area (Å²) in [5, 5.41) is 8.34. The topological polar surface area (TPSA) is 186 Å². The van der Waals surface area contributed by atoms with Crippen molar-refractivity contribution < 1.29 is 4.74 Å². The zero-order chi connectivity index (χ0) is 34.9. The molecule has 2 heterocycles. The number of rotatable bonds is 6. The molecule has 1 saturated heterocycles. The Morgan fingerprint density at radius 3 is 1.53 bits per heavy atom. The molecule has 3 aromatic carbocycles. The normalized spacial score (nSPS) is 11.5. The lowest BCUT2D eigenvalue weighted by molar-refractivity contribution is 0.122. The van der Waals surface area contributed by atoms with E-state index in [-0.39, 0.29) is 0 Å². The standard InChI is InChI=1S/C10H14N2O.C8H12N2.C7H6N2.C6H16N2.C5H6N2/c11-9-1-3-10(4-2-9)12-5-7-13-8-6-12;1-10(2)8-5-3-7(9)4-6-8;8-5-6-1-3-7(9)4-2-6;1-3-8(4-2)6-5-7;6-5-1-3-7-4-2-5/h1-4H,5-8,11H2;3-6H,9H2,1-2H3;1-4H,9H2;3-7H2,1-2H3;1-4H,(H2,6,7). The number of likely N-dealkylation sites (N-methyl/N-ethyl adjacent to an activating group) is 1. The third-order valence-electron chi connectivity index (χ3n) is 6.76. The van der Waals surface area contributed by atoms with Crippen LogP contribution in [0.15, 0.2) is 97.3 Å². The zero-order valence-corrected chi connectivity index (χ0v) is 28.4. The summed E-state index contributed by atoms with van der Waals surface area (Å²) in [6.07, 6.45) is 3.32. The van der Waals surface area contributed by atoms with Gasteiger partial charge >= 0.3 is 0 Å². The molecule has 0 bridgehead atoms. The molecule has 1 aliphatic rings. The van der Waals surface area contributed by atoms with Gasteiger partial charge in [0.1, 0.15) is 0 Å². The van der Waals surface area contributed by atoms with E-state index in [0.29, 0.717) is 11.3 Å². The van der Waals surface area contributed by atoms with Gasteiger partial charge in [0.25, 0.3) is 0 Å². The summed E-state index contributed by atoms with van der Waals surface area (Å²) in [5.74, 6) is 0. The Kier molecular flexibility index (Phi) is 20.6. The predicted octanol–water partition coefficient (Wildman–Crippen LogP) is 4.53. The van der Waals surface area contributed by atoms with Crippen molar-refractivity contribution in [3.05, 3.63) is 103 Å². The van der Waals surface area contributed by atoms with E-state index < -0.39 is 0 Å². The predicted molar refractivity (Wildman–Crippen MR) is 200 cm³/mol. The molecule has 254 valence electrons. The van der Waals surface area contributed by atoms with Gasteiger partial charge in [0.05, 0.1) is 24.8 Å². The van der Waals surface area contributed by atoms with Crippen LogP contribution in [-0.2, 0) is 4.74 Å². The number of aromatic nitrogens is 1. The van der Waals surface area contributed by atoms with Crippen molar-refractivity contribution in [1.82, 2.24) is 9.88 Å². The molecule has 1 aliphatic heterocycles. The molecule has 1 fully saturated rings. The maximum Gasteiger partial charge on any atom is 0.0991 e. The largest absolute Gasteiger partial charge is 0.399 e. The molecule has 5 rings (SSSR count). The van der Waals surface area contributed by atoms with Crippen molar-refractivity contribution in [2.24, 2.45) is 5.73 Å². The Hall–Kier alpha value is -5.02. The minimum Gasteiger partial charge on any atom is -0.399 e. The number of hydrogen-bond donors (Lipinski definition) is 5. The number of ether oxygens (including phenoxy) is 1. The smallest absolute Gasteiger partial charge is 0.0991 e. The van der Waals surface area contributed by atoms with Gasteiger partial charge in [-0.25, -0.2) is 0 Å².